The van der Waals surface area contributed by atoms with E-state index in [0.29, 0.717) is 12.5 Å². The van der Waals surface area contributed by atoms with Crippen LogP contribution in [-0.4, -0.2) is 17.6 Å². The molecule has 3 nitrogen and oxygen atoms in total. The molecule has 0 heterocycles. The van der Waals surface area contributed by atoms with Crippen LogP contribution >= 0.6 is 0 Å². The minimum Gasteiger partial charge on any atom is -0.478 e. The molecule has 106 valence electrons. The number of carboxylic acid groups (broad SMARTS) is 1. The van der Waals surface area contributed by atoms with E-state index < -0.39 is 23.3 Å². The molecule has 1 aromatic carbocycles. The monoisotopic (exact) mass is 275 g/mol. The molecule has 0 saturated heterocycles. The minimum absolute atomic E-state index is 0.276. The van der Waals surface area contributed by atoms with E-state index in [2.05, 4.69) is 5.32 Å². The molecule has 0 aromatic heterocycles. The standard InChI is InChI=1S/C13H16F3NO2/c1-8(2)5-6-17-9-3-4-10(12(18)19)11(7-9)13(14,15)16/h3-4,7-8,17H,5-6H2,1-2H3,(H,18,19). The number of anilines is 1. The van der Waals surface area contributed by atoms with Crippen molar-refractivity contribution in [1.82, 2.24) is 0 Å². The van der Waals surface area contributed by atoms with Crippen molar-refractivity contribution >= 4 is 11.7 Å². The van der Waals surface area contributed by atoms with Gasteiger partial charge in [0.1, 0.15) is 0 Å². The molecule has 0 aliphatic rings. The van der Waals surface area contributed by atoms with Gasteiger partial charge in [-0.15, -0.1) is 0 Å². The first-order valence-corrected chi connectivity index (χ1v) is 5.90. The summed E-state index contributed by atoms with van der Waals surface area (Å²) in [5, 5.41) is 11.6. The summed E-state index contributed by atoms with van der Waals surface area (Å²) >= 11 is 0. The molecule has 19 heavy (non-hydrogen) atoms. The van der Waals surface area contributed by atoms with Gasteiger partial charge in [-0.25, -0.2) is 4.79 Å². The van der Waals surface area contributed by atoms with Crippen LogP contribution in [-0.2, 0) is 6.18 Å². The summed E-state index contributed by atoms with van der Waals surface area (Å²) in [6.07, 6.45) is -3.86. The van der Waals surface area contributed by atoms with Crippen molar-refractivity contribution in [3.63, 3.8) is 0 Å². The SMILES string of the molecule is CC(C)CCNc1ccc(C(=O)O)c(C(F)(F)F)c1. The van der Waals surface area contributed by atoms with E-state index in [0.717, 1.165) is 18.6 Å². The Morgan fingerprint density at radius 3 is 2.47 bits per heavy atom. The maximum Gasteiger partial charge on any atom is 0.417 e. The van der Waals surface area contributed by atoms with Crippen molar-refractivity contribution in [1.29, 1.82) is 0 Å². The smallest absolute Gasteiger partial charge is 0.417 e. The fourth-order valence-electron chi connectivity index (χ4n) is 1.58. The third-order valence-electron chi connectivity index (χ3n) is 2.61. The molecule has 0 bridgehead atoms. The van der Waals surface area contributed by atoms with Gasteiger partial charge in [0.05, 0.1) is 11.1 Å². The van der Waals surface area contributed by atoms with E-state index in [-0.39, 0.29) is 5.69 Å². The van der Waals surface area contributed by atoms with Gasteiger partial charge in [-0.3, -0.25) is 0 Å². The maximum atomic E-state index is 12.7. The van der Waals surface area contributed by atoms with Crippen molar-refractivity contribution in [2.24, 2.45) is 5.92 Å². The summed E-state index contributed by atoms with van der Waals surface area (Å²) in [4.78, 5) is 10.8. The van der Waals surface area contributed by atoms with Crippen molar-refractivity contribution in [2.75, 3.05) is 11.9 Å². The molecule has 0 aliphatic carbocycles. The highest BCUT2D eigenvalue weighted by Crippen LogP contribution is 2.33. The Balaban J connectivity index is 2.96. The molecule has 2 N–H and O–H groups in total. The van der Waals surface area contributed by atoms with Crippen LogP contribution in [0.4, 0.5) is 18.9 Å². The Kier molecular flexibility index (Phi) is 4.80. The number of benzene rings is 1. The molecule has 0 amide bonds. The lowest BCUT2D eigenvalue weighted by molar-refractivity contribution is -0.138. The summed E-state index contributed by atoms with van der Waals surface area (Å²) in [7, 11) is 0. The predicted octanol–water partition coefficient (Wildman–Crippen LogP) is 3.86. The molecule has 0 spiro atoms. The zero-order valence-electron chi connectivity index (χ0n) is 10.7. The molecule has 1 rings (SSSR count). The van der Waals surface area contributed by atoms with Crippen molar-refractivity contribution < 1.29 is 23.1 Å². The number of hydrogen-bond acceptors (Lipinski definition) is 2. The molecule has 0 unspecified atom stereocenters. The lowest BCUT2D eigenvalue weighted by atomic mass is 10.1. The highest BCUT2D eigenvalue weighted by molar-refractivity contribution is 5.90. The number of rotatable bonds is 5. The average molecular weight is 275 g/mol. The second kappa shape index (κ2) is 5.95. The molecule has 0 aliphatic heterocycles. The Hall–Kier alpha value is -1.72. The number of hydrogen-bond donors (Lipinski definition) is 2. The largest absolute Gasteiger partial charge is 0.478 e. The quantitative estimate of drug-likeness (QED) is 0.857. The van der Waals surface area contributed by atoms with Gasteiger partial charge in [0.25, 0.3) is 0 Å². The number of carboxylic acids is 1. The fraction of sp³-hybridized carbons (Fsp3) is 0.462. The van der Waals surface area contributed by atoms with Crippen LogP contribution in [0.15, 0.2) is 18.2 Å². The topological polar surface area (TPSA) is 49.3 Å². The zero-order chi connectivity index (χ0) is 14.6. The van der Waals surface area contributed by atoms with Gasteiger partial charge in [-0.2, -0.15) is 13.2 Å². The van der Waals surface area contributed by atoms with Crippen molar-refractivity contribution in [3.8, 4) is 0 Å². The normalized spacial score (nSPS) is 11.7. The number of nitrogens with one attached hydrogen (secondary N) is 1. The molecule has 0 fully saturated rings. The lowest BCUT2D eigenvalue weighted by Gasteiger charge is -2.14. The summed E-state index contributed by atoms with van der Waals surface area (Å²) < 4.78 is 38.2. The van der Waals surface area contributed by atoms with Crippen LogP contribution in [0, 0.1) is 5.92 Å². The molecular formula is C13H16F3NO2. The lowest BCUT2D eigenvalue weighted by Crippen LogP contribution is -2.14. The molecule has 0 radical (unpaired) electrons. The van der Waals surface area contributed by atoms with Gasteiger partial charge >= 0.3 is 12.1 Å². The van der Waals surface area contributed by atoms with Crippen molar-refractivity contribution in [2.45, 2.75) is 26.4 Å². The first kappa shape index (κ1) is 15.3. The Bertz CT molecular complexity index is 456. The van der Waals surface area contributed by atoms with Crippen LogP contribution in [0.1, 0.15) is 36.2 Å². The Labute approximate surface area is 109 Å². The number of carbonyl (C=O) groups is 1. The average Bonchev–Trinajstić information content (AvgIpc) is 2.27. The molecule has 0 saturated carbocycles. The summed E-state index contributed by atoms with van der Waals surface area (Å²) in [5.74, 6) is -1.14. The van der Waals surface area contributed by atoms with Gasteiger partial charge in [0.2, 0.25) is 0 Å². The second-order valence-corrected chi connectivity index (χ2v) is 4.67. The van der Waals surface area contributed by atoms with E-state index in [1.807, 2.05) is 13.8 Å². The molecular weight excluding hydrogens is 259 g/mol. The van der Waals surface area contributed by atoms with E-state index in [1.165, 1.54) is 6.07 Å². The highest BCUT2D eigenvalue weighted by Gasteiger charge is 2.35. The first-order chi connectivity index (χ1) is 8.71. The number of alkyl halides is 3. The molecule has 1 aromatic rings. The fourth-order valence-corrected chi connectivity index (χ4v) is 1.58. The second-order valence-electron chi connectivity index (χ2n) is 4.67. The third-order valence-corrected chi connectivity index (χ3v) is 2.61. The molecule has 0 atom stereocenters. The summed E-state index contributed by atoms with van der Waals surface area (Å²) in [5.41, 5.74) is -1.59. The number of aromatic carboxylic acids is 1. The van der Waals surface area contributed by atoms with Crippen LogP contribution in [0.2, 0.25) is 0 Å². The van der Waals surface area contributed by atoms with E-state index >= 15 is 0 Å². The Morgan fingerprint density at radius 1 is 1.37 bits per heavy atom. The van der Waals surface area contributed by atoms with Gasteiger partial charge in [0, 0.05) is 12.2 Å². The minimum atomic E-state index is -4.68. The van der Waals surface area contributed by atoms with Crippen LogP contribution < -0.4 is 5.32 Å². The first-order valence-electron chi connectivity index (χ1n) is 5.90. The number of halogens is 3. The highest BCUT2D eigenvalue weighted by atomic mass is 19.4. The Morgan fingerprint density at radius 2 is 2.00 bits per heavy atom. The van der Waals surface area contributed by atoms with E-state index in [9.17, 15) is 18.0 Å². The van der Waals surface area contributed by atoms with E-state index in [4.69, 9.17) is 5.11 Å². The van der Waals surface area contributed by atoms with Gasteiger partial charge in [-0.1, -0.05) is 13.8 Å². The third kappa shape index (κ3) is 4.46. The van der Waals surface area contributed by atoms with E-state index in [1.54, 1.807) is 0 Å². The summed E-state index contributed by atoms with van der Waals surface area (Å²) in [6, 6.07) is 3.16. The maximum absolute atomic E-state index is 12.7. The summed E-state index contributed by atoms with van der Waals surface area (Å²) in [6.45, 7) is 4.56. The van der Waals surface area contributed by atoms with Gasteiger partial charge in [0.15, 0.2) is 0 Å². The van der Waals surface area contributed by atoms with Crippen molar-refractivity contribution in [3.05, 3.63) is 29.3 Å². The van der Waals surface area contributed by atoms with Gasteiger partial charge in [-0.05, 0) is 30.5 Å². The molecule has 6 heteroatoms. The van der Waals surface area contributed by atoms with Gasteiger partial charge < -0.3 is 10.4 Å². The zero-order valence-corrected chi connectivity index (χ0v) is 10.7. The van der Waals surface area contributed by atoms with Crippen LogP contribution in [0.3, 0.4) is 0 Å². The van der Waals surface area contributed by atoms with Crippen LogP contribution in [0.5, 0.6) is 0 Å². The van der Waals surface area contributed by atoms with Crippen LogP contribution in [0.25, 0.3) is 0 Å². The predicted molar refractivity (Wildman–Crippen MR) is 66.3 cm³/mol.